The fraction of sp³-hybridized carbons (Fsp3) is 0.353. The number of hydrogen-bond acceptors (Lipinski definition) is 3. The Balaban J connectivity index is 2.43. The lowest BCUT2D eigenvalue weighted by atomic mass is 10.1. The van der Waals surface area contributed by atoms with Gasteiger partial charge in [-0.25, -0.2) is 0 Å². The highest BCUT2D eigenvalue weighted by Gasteiger charge is 2.26. The summed E-state index contributed by atoms with van der Waals surface area (Å²) in [6.45, 7) is 7.40. The van der Waals surface area contributed by atoms with E-state index in [1.807, 2.05) is 33.8 Å². The van der Waals surface area contributed by atoms with E-state index in [2.05, 4.69) is 5.10 Å². The van der Waals surface area contributed by atoms with Gasteiger partial charge >= 0.3 is 5.97 Å². The van der Waals surface area contributed by atoms with Crippen LogP contribution in [0.5, 0.6) is 0 Å². The Kier molecular flexibility index (Phi) is 4.54. The average molecular weight is 315 g/mol. The fourth-order valence-corrected chi connectivity index (χ4v) is 2.46. The fourth-order valence-electron chi connectivity index (χ4n) is 2.46. The first kappa shape index (κ1) is 16.7. The van der Waals surface area contributed by atoms with Crippen molar-refractivity contribution in [2.24, 2.45) is 0 Å². The molecule has 1 N–H and O–H groups in total. The van der Waals surface area contributed by atoms with E-state index in [0.717, 1.165) is 0 Å². The molecule has 0 unspecified atom stereocenters. The Morgan fingerprint density at radius 3 is 2.30 bits per heavy atom. The highest BCUT2D eigenvalue weighted by molar-refractivity contribution is 6.08. The minimum absolute atomic E-state index is 0.257. The predicted molar refractivity (Wildman–Crippen MR) is 87.7 cm³/mol. The molecule has 0 aliphatic carbocycles. The number of para-hydroxylation sites is 1. The van der Waals surface area contributed by atoms with Gasteiger partial charge in [-0.3, -0.25) is 19.2 Å². The van der Waals surface area contributed by atoms with Gasteiger partial charge in [-0.15, -0.1) is 0 Å². The first-order valence-corrected chi connectivity index (χ1v) is 7.35. The molecule has 0 bridgehead atoms. The second-order valence-corrected chi connectivity index (χ2v) is 6.35. The number of carbonyl (C=O) groups is 2. The number of aliphatic carboxylic acids is 1. The van der Waals surface area contributed by atoms with Gasteiger partial charge in [0.15, 0.2) is 0 Å². The van der Waals surface area contributed by atoms with Gasteiger partial charge in [0.1, 0.15) is 6.54 Å². The highest BCUT2D eigenvalue weighted by atomic mass is 16.4. The van der Waals surface area contributed by atoms with Gasteiger partial charge in [0.2, 0.25) is 0 Å². The molecule has 0 spiro atoms. The number of carboxylic acid groups (broad SMARTS) is 1. The van der Waals surface area contributed by atoms with Crippen LogP contribution in [-0.4, -0.2) is 33.3 Å². The van der Waals surface area contributed by atoms with Gasteiger partial charge in [-0.1, -0.05) is 18.2 Å². The molecule has 0 aliphatic heterocycles. The smallest absolute Gasteiger partial charge is 0.323 e. The molecule has 2 rings (SSSR count). The van der Waals surface area contributed by atoms with Gasteiger partial charge in [0.05, 0.1) is 17.3 Å². The molecule has 0 saturated carbocycles. The number of amides is 1. The number of nitrogens with zero attached hydrogens (tertiary/aromatic N) is 3. The molecule has 1 aromatic heterocycles. The largest absolute Gasteiger partial charge is 0.480 e. The third-order valence-electron chi connectivity index (χ3n) is 3.48. The van der Waals surface area contributed by atoms with Crippen LogP contribution in [0.3, 0.4) is 0 Å². The van der Waals surface area contributed by atoms with E-state index in [1.54, 1.807) is 28.9 Å². The van der Waals surface area contributed by atoms with E-state index in [9.17, 15) is 9.59 Å². The Hall–Kier alpha value is -2.63. The molecule has 1 heterocycles. The first-order chi connectivity index (χ1) is 10.7. The summed E-state index contributed by atoms with van der Waals surface area (Å²) in [7, 11) is 0. The lowest BCUT2D eigenvalue weighted by Gasteiger charge is -2.23. The van der Waals surface area contributed by atoms with Crippen LogP contribution in [0.4, 0.5) is 5.69 Å². The summed E-state index contributed by atoms with van der Waals surface area (Å²) in [5, 5.41) is 13.4. The number of carbonyl (C=O) groups excluding carboxylic acids is 1. The molecule has 0 fully saturated rings. The number of benzene rings is 1. The zero-order chi connectivity index (χ0) is 17.2. The average Bonchev–Trinajstić information content (AvgIpc) is 2.86. The summed E-state index contributed by atoms with van der Waals surface area (Å²) >= 11 is 0. The molecule has 122 valence electrons. The monoisotopic (exact) mass is 315 g/mol. The van der Waals surface area contributed by atoms with Crippen LogP contribution in [0.15, 0.2) is 36.5 Å². The molecular weight excluding hydrogens is 294 g/mol. The van der Waals surface area contributed by atoms with Crippen LogP contribution in [-0.2, 0) is 10.3 Å². The van der Waals surface area contributed by atoms with Crippen molar-refractivity contribution in [2.75, 3.05) is 11.4 Å². The van der Waals surface area contributed by atoms with Crippen molar-refractivity contribution in [2.45, 2.75) is 33.2 Å². The maximum Gasteiger partial charge on any atom is 0.323 e. The lowest BCUT2D eigenvalue weighted by Crippen LogP contribution is -2.36. The first-order valence-electron chi connectivity index (χ1n) is 7.35. The minimum atomic E-state index is -1.07. The Labute approximate surface area is 135 Å². The maximum absolute atomic E-state index is 12.9. The second-order valence-electron chi connectivity index (χ2n) is 6.35. The molecular formula is C17H21N3O3. The number of carboxylic acids is 1. The van der Waals surface area contributed by atoms with Crippen LogP contribution in [0.25, 0.3) is 0 Å². The quantitative estimate of drug-likeness (QED) is 0.941. The van der Waals surface area contributed by atoms with E-state index in [4.69, 9.17) is 5.11 Å². The minimum Gasteiger partial charge on any atom is -0.480 e. The van der Waals surface area contributed by atoms with Crippen LogP contribution in [0.1, 0.15) is 36.8 Å². The summed E-state index contributed by atoms with van der Waals surface area (Å²) in [4.78, 5) is 25.3. The van der Waals surface area contributed by atoms with Crippen molar-refractivity contribution in [1.82, 2.24) is 9.78 Å². The van der Waals surface area contributed by atoms with Crippen molar-refractivity contribution < 1.29 is 14.7 Å². The number of rotatable bonds is 4. The number of hydrogen-bond donors (Lipinski definition) is 1. The van der Waals surface area contributed by atoms with Crippen LogP contribution in [0, 0.1) is 6.92 Å². The summed E-state index contributed by atoms with van der Waals surface area (Å²) < 4.78 is 1.77. The predicted octanol–water partition coefficient (Wildman–Crippen LogP) is 2.68. The van der Waals surface area contributed by atoms with Gasteiger partial charge < -0.3 is 5.11 Å². The Bertz CT molecular complexity index is 714. The number of anilines is 1. The van der Waals surface area contributed by atoms with Crippen LogP contribution >= 0.6 is 0 Å². The second kappa shape index (κ2) is 6.24. The van der Waals surface area contributed by atoms with Gasteiger partial charge in [-0.05, 0) is 39.8 Å². The Morgan fingerprint density at radius 1 is 1.22 bits per heavy atom. The Morgan fingerprint density at radius 2 is 1.83 bits per heavy atom. The molecule has 1 amide bonds. The zero-order valence-electron chi connectivity index (χ0n) is 13.8. The molecule has 0 atom stereocenters. The van der Waals surface area contributed by atoms with Gasteiger partial charge in [0, 0.05) is 11.4 Å². The molecule has 0 radical (unpaired) electrons. The third kappa shape index (κ3) is 3.59. The lowest BCUT2D eigenvalue weighted by molar-refractivity contribution is -0.135. The number of aromatic nitrogens is 2. The molecule has 0 saturated heterocycles. The summed E-state index contributed by atoms with van der Waals surface area (Å²) in [5.74, 6) is -1.44. The molecule has 1 aromatic carbocycles. The van der Waals surface area contributed by atoms with Crippen LogP contribution < -0.4 is 4.90 Å². The van der Waals surface area contributed by atoms with Gasteiger partial charge in [0.25, 0.3) is 5.91 Å². The van der Waals surface area contributed by atoms with Crippen molar-refractivity contribution >= 4 is 17.6 Å². The maximum atomic E-state index is 12.9. The summed E-state index contributed by atoms with van der Waals surface area (Å²) in [6.07, 6.45) is 1.50. The third-order valence-corrected chi connectivity index (χ3v) is 3.48. The summed E-state index contributed by atoms with van der Waals surface area (Å²) in [5.41, 5.74) is 1.41. The summed E-state index contributed by atoms with van der Waals surface area (Å²) in [6, 6.07) is 8.77. The van der Waals surface area contributed by atoms with Crippen molar-refractivity contribution in [3.8, 4) is 0 Å². The van der Waals surface area contributed by atoms with Crippen molar-refractivity contribution in [1.29, 1.82) is 0 Å². The van der Waals surface area contributed by atoms with E-state index in [-0.39, 0.29) is 11.4 Å². The molecule has 23 heavy (non-hydrogen) atoms. The molecule has 2 aromatic rings. The molecule has 6 heteroatoms. The van der Waals surface area contributed by atoms with Crippen LogP contribution in [0.2, 0.25) is 0 Å². The van der Waals surface area contributed by atoms with Crippen molar-refractivity contribution in [3.05, 3.63) is 47.8 Å². The van der Waals surface area contributed by atoms with Crippen molar-refractivity contribution in [3.63, 3.8) is 0 Å². The topological polar surface area (TPSA) is 75.4 Å². The SMILES string of the molecule is Cc1c(C(=O)N(CC(=O)O)c2ccccc2)cnn1C(C)(C)C. The van der Waals surface area contributed by atoms with E-state index < -0.39 is 12.5 Å². The standard InChI is InChI=1S/C17H21N3O3/c1-12-14(10-18-20(12)17(2,3)4)16(23)19(11-15(21)22)13-8-6-5-7-9-13/h5-10H,11H2,1-4H3,(H,21,22). The van der Waals surface area contributed by atoms with E-state index in [0.29, 0.717) is 16.9 Å². The zero-order valence-corrected chi connectivity index (χ0v) is 13.8. The van der Waals surface area contributed by atoms with E-state index >= 15 is 0 Å². The molecule has 6 nitrogen and oxygen atoms in total. The van der Waals surface area contributed by atoms with Gasteiger partial charge in [-0.2, -0.15) is 5.10 Å². The normalized spacial score (nSPS) is 11.3. The molecule has 0 aliphatic rings. The highest BCUT2D eigenvalue weighted by Crippen LogP contribution is 2.22. The van der Waals surface area contributed by atoms with E-state index in [1.165, 1.54) is 11.1 Å².